The molecule has 1 aromatic carbocycles. The molecule has 0 radical (unpaired) electrons. The Labute approximate surface area is 132 Å². The van der Waals surface area contributed by atoms with Crippen molar-refractivity contribution in [3.8, 4) is 0 Å². The highest BCUT2D eigenvalue weighted by molar-refractivity contribution is 6.30. The molecule has 1 aliphatic heterocycles. The van der Waals surface area contributed by atoms with Gasteiger partial charge in [0.1, 0.15) is 0 Å². The summed E-state index contributed by atoms with van der Waals surface area (Å²) in [5.41, 5.74) is 1.23. The summed E-state index contributed by atoms with van der Waals surface area (Å²) in [4.78, 5) is 18.5. The molecule has 5 heteroatoms. The molecule has 1 fully saturated rings. The number of benzene rings is 1. The highest BCUT2D eigenvalue weighted by Crippen LogP contribution is 2.14. The van der Waals surface area contributed by atoms with Crippen LogP contribution in [0.3, 0.4) is 0 Å². The SMILES string of the molecule is CCN(CC)C(=O)N1CCN(Cc2cccc(Cl)c2)CC1. The lowest BCUT2D eigenvalue weighted by Gasteiger charge is -2.37. The Morgan fingerprint density at radius 2 is 1.86 bits per heavy atom. The number of piperazine rings is 1. The molecule has 21 heavy (non-hydrogen) atoms. The van der Waals surface area contributed by atoms with E-state index in [2.05, 4.69) is 11.0 Å². The summed E-state index contributed by atoms with van der Waals surface area (Å²) in [5, 5.41) is 0.780. The van der Waals surface area contributed by atoms with Crippen LogP contribution in [-0.2, 0) is 6.54 Å². The van der Waals surface area contributed by atoms with E-state index in [4.69, 9.17) is 11.6 Å². The Balaban J connectivity index is 1.84. The molecule has 1 aliphatic rings. The van der Waals surface area contributed by atoms with Gasteiger partial charge in [-0.05, 0) is 31.5 Å². The van der Waals surface area contributed by atoms with Crippen LogP contribution in [0.4, 0.5) is 4.79 Å². The lowest BCUT2D eigenvalue weighted by atomic mass is 10.2. The van der Waals surface area contributed by atoms with Gasteiger partial charge in [-0.2, -0.15) is 0 Å². The Bertz CT molecular complexity index is 468. The lowest BCUT2D eigenvalue weighted by molar-refractivity contribution is 0.112. The molecule has 0 aliphatic carbocycles. The molecular formula is C16H24ClN3O. The van der Waals surface area contributed by atoms with Crippen LogP contribution in [0.1, 0.15) is 19.4 Å². The van der Waals surface area contributed by atoms with E-state index in [1.165, 1.54) is 5.56 Å². The van der Waals surface area contributed by atoms with E-state index >= 15 is 0 Å². The predicted molar refractivity (Wildman–Crippen MR) is 86.6 cm³/mol. The molecular weight excluding hydrogens is 286 g/mol. The molecule has 1 aromatic rings. The first kappa shape index (κ1) is 16.1. The predicted octanol–water partition coefficient (Wildman–Crippen LogP) is 2.92. The van der Waals surface area contributed by atoms with Crippen molar-refractivity contribution < 1.29 is 4.79 Å². The van der Waals surface area contributed by atoms with E-state index in [0.717, 1.165) is 50.8 Å². The van der Waals surface area contributed by atoms with Gasteiger partial charge in [-0.1, -0.05) is 23.7 Å². The van der Waals surface area contributed by atoms with E-state index in [0.29, 0.717) is 0 Å². The van der Waals surface area contributed by atoms with Gasteiger partial charge in [-0.15, -0.1) is 0 Å². The van der Waals surface area contributed by atoms with Gasteiger partial charge in [0.25, 0.3) is 0 Å². The Kier molecular flexibility index (Phi) is 5.88. The van der Waals surface area contributed by atoms with Gasteiger partial charge >= 0.3 is 6.03 Å². The molecule has 2 amide bonds. The molecule has 1 saturated heterocycles. The zero-order chi connectivity index (χ0) is 15.2. The molecule has 0 bridgehead atoms. The van der Waals surface area contributed by atoms with Crippen LogP contribution in [0, 0.1) is 0 Å². The zero-order valence-corrected chi connectivity index (χ0v) is 13.6. The van der Waals surface area contributed by atoms with Crippen LogP contribution in [0.15, 0.2) is 24.3 Å². The molecule has 0 spiro atoms. The van der Waals surface area contributed by atoms with Crippen LogP contribution in [0.2, 0.25) is 5.02 Å². The van der Waals surface area contributed by atoms with Gasteiger partial charge in [0.2, 0.25) is 0 Å². The maximum absolute atomic E-state index is 12.3. The van der Waals surface area contributed by atoms with Gasteiger partial charge in [0.15, 0.2) is 0 Å². The van der Waals surface area contributed by atoms with Gasteiger partial charge in [-0.3, -0.25) is 4.90 Å². The first-order valence-corrected chi connectivity index (χ1v) is 8.02. The van der Waals surface area contributed by atoms with E-state index in [-0.39, 0.29) is 6.03 Å². The van der Waals surface area contributed by atoms with Crippen LogP contribution >= 0.6 is 11.6 Å². The molecule has 116 valence electrons. The number of hydrogen-bond donors (Lipinski definition) is 0. The Morgan fingerprint density at radius 1 is 1.19 bits per heavy atom. The van der Waals surface area contributed by atoms with Crippen molar-refractivity contribution >= 4 is 17.6 Å². The van der Waals surface area contributed by atoms with Crippen molar-refractivity contribution in [2.24, 2.45) is 0 Å². The lowest BCUT2D eigenvalue weighted by Crippen LogP contribution is -2.52. The number of hydrogen-bond acceptors (Lipinski definition) is 2. The summed E-state index contributed by atoms with van der Waals surface area (Å²) < 4.78 is 0. The minimum absolute atomic E-state index is 0.169. The van der Waals surface area contributed by atoms with Crippen molar-refractivity contribution in [1.82, 2.24) is 14.7 Å². The Morgan fingerprint density at radius 3 is 2.43 bits per heavy atom. The monoisotopic (exact) mass is 309 g/mol. The minimum Gasteiger partial charge on any atom is -0.325 e. The van der Waals surface area contributed by atoms with Crippen molar-refractivity contribution in [2.45, 2.75) is 20.4 Å². The fraction of sp³-hybridized carbons (Fsp3) is 0.562. The van der Waals surface area contributed by atoms with E-state index in [1.807, 2.05) is 41.8 Å². The smallest absolute Gasteiger partial charge is 0.320 e. The molecule has 0 saturated carbocycles. The summed E-state index contributed by atoms with van der Waals surface area (Å²) in [6.45, 7) is 9.93. The largest absolute Gasteiger partial charge is 0.325 e. The second-order valence-corrected chi connectivity index (χ2v) is 5.78. The summed E-state index contributed by atoms with van der Waals surface area (Å²) >= 11 is 6.02. The van der Waals surface area contributed by atoms with E-state index < -0.39 is 0 Å². The number of carbonyl (C=O) groups is 1. The molecule has 0 unspecified atom stereocenters. The molecule has 0 atom stereocenters. The second-order valence-electron chi connectivity index (χ2n) is 5.35. The quantitative estimate of drug-likeness (QED) is 0.855. The van der Waals surface area contributed by atoms with Crippen LogP contribution < -0.4 is 0 Å². The molecule has 4 nitrogen and oxygen atoms in total. The summed E-state index contributed by atoms with van der Waals surface area (Å²) in [7, 11) is 0. The number of urea groups is 1. The average molecular weight is 310 g/mol. The third kappa shape index (κ3) is 4.35. The van der Waals surface area contributed by atoms with Crippen molar-refractivity contribution in [1.29, 1.82) is 0 Å². The number of nitrogens with zero attached hydrogens (tertiary/aromatic N) is 3. The molecule has 0 N–H and O–H groups in total. The second kappa shape index (κ2) is 7.66. The minimum atomic E-state index is 0.169. The summed E-state index contributed by atoms with van der Waals surface area (Å²) in [6, 6.07) is 8.15. The fourth-order valence-electron chi connectivity index (χ4n) is 2.68. The molecule has 2 rings (SSSR count). The van der Waals surface area contributed by atoms with Gasteiger partial charge in [-0.25, -0.2) is 4.79 Å². The number of amides is 2. The molecule has 1 heterocycles. The third-order valence-electron chi connectivity index (χ3n) is 3.97. The number of rotatable bonds is 4. The van der Waals surface area contributed by atoms with E-state index in [9.17, 15) is 4.79 Å². The van der Waals surface area contributed by atoms with E-state index in [1.54, 1.807) is 0 Å². The molecule has 0 aromatic heterocycles. The van der Waals surface area contributed by atoms with Crippen molar-refractivity contribution in [2.75, 3.05) is 39.3 Å². The first-order valence-electron chi connectivity index (χ1n) is 7.64. The van der Waals surface area contributed by atoms with Crippen LogP contribution in [0.5, 0.6) is 0 Å². The van der Waals surface area contributed by atoms with Gasteiger partial charge < -0.3 is 9.80 Å². The highest BCUT2D eigenvalue weighted by atomic mass is 35.5. The average Bonchev–Trinajstić information content (AvgIpc) is 2.49. The van der Waals surface area contributed by atoms with Crippen LogP contribution in [-0.4, -0.2) is 60.0 Å². The van der Waals surface area contributed by atoms with Gasteiger partial charge in [0.05, 0.1) is 0 Å². The summed E-state index contributed by atoms with van der Waals surface area (Å²) in [5.74, 6) is 0. The van der Waals surface area contributed by atoms with Crippen LogP contribution in [0.25, 0.3) is 0 Å². The maximum atomic E-state index is 12.3. The third-order valence-corrected chi connectivity index (χ3v) is 4.21. The standard InChI is InChI=1S/C16H24ClN3O/c1-3-19(4-2)16(21)20-10-8-18(9-11-20)13-14-6-5-7-15(17)12-14/h5-7,12H,3-4,8-11,13H2,1-2H3. The fourth-order valence-corrected chi connectivity index (χ4v) is 2.90. The topological polar surface area (TPSA) is 26.8 Å². The maximum Gasteiger partial charge on any atom is 0.320 e. The van der Waals surface area contributed by atoms with Gasteiger partial charge in [0, 0.05) is 50.8 Å². The van der Waals surface area contributed by atoms with Crippen molar-refractivity contribution in [3.05, 3.63) is 34.9 Å². The van der Waals surface area contributed by atoms with Crippen molar-refractivity contribution in [3.63, 3.8) is 0 Å². The number of carbonyl (C=O) groups excluding carboxylic acids is 1. The Hall–Kier alpha value is -1.26. The summed E-state index contributed by atoms with van der Waals surface area (Å²) in [6.07, 6.45) is 0. The first-order chi connectivity index (χ1) is 10.1. The zero-order valence-electron chi connectivity index (χ0n) is 12.9. The number of halogens is 1. The highest BCUT2D eigenvalue weighted by Gasteiger charge is 2.23. The normalized spacial score (nSPS) is 16.0.